The number of benzene rings is 1. The molecule has 0 aliphatic carbocycles. The van der Waals surface area contributed by atoms with Gasteiger partial charge in [-0.1, -0.05) is 18.2 Å². The first-order chi connectivity index (χ1) is 6.83. The maximum atomic E-state index is 8.38. The van der Waals surface area contributed by atoms with Crippen LogP contribution in [-0.2, 0) is 0 Å². The van der Waals surface area contributed by atoms with Crippen LogP contribution in [0.2, 0.25) is 0 Å². The van der Waals surface area contributed by atoms with Gasteiger partial charge in [0.05, 0.1) is 17.8 Å². The molecule has 0 aliphatic rings. The van der Waals surface area contributed by atoms with Crippen molar-refractivity contribution < 1.29 is 0 Å². The van der Waals surface area contributed by atoms with E-state index in [4.69, 9.17) is 5.26 Å². The molecule has 0 fully saturated rings. The molecule has 1 rings (SSSR count). The molecule has 1 aromatic carbocycles. The van der Waals surface area contributed by atoms with E-state index in [9.17, 15) is 0 Å². The molecule has 0 radical (unpaired) electrons. The number of hydrogen-bond donors (Lipinski definition) is 0. The van der Waals surface area contributed by atoms with E-state index in [1.807, 2.05) is 37.3 Å². The zero-order chi connectivity index (χ0) is 10.2. The molecule has 72 valence electrons. The first-order valence-corrected chi connectivity index (χ1v) is 4.66. The summed E-state index contributed by atoms with van der Waals surface area (Å²) in [5, 5.41) is 16.6. The summed E-state index contributed by atoms with van der Waals surface area (Å²) < 4.78 is 0. The first-order valence-electron chi connectivity index (χ1n) is 4.66. The van der Waals surface area contributed by atoms with Crippen LogP contribution in [0.1, 0.15) is 19.8 Å². The fourth-order valence-corrected chi connectivity index (χ4v) is 0.991. The Hall–Kier alpha value is -1.69. The minimum absolute atomic E-state index is 0.120. The highest BCUT2D eigenvalue weighted by Crippen LogP contribution is 2.12. The van der Waals surface area contributed by atoms with Gasteiger partial charge in [-0.25, -0.2) is 0 Å². The van der Waals surface area contributed by atoms with Crippen molar-refractivity contribution in [3.8, 4) is 6.07 Å². The Morgan fingerprint density at radius 3 is 2.71 bits per heavy atom. The quantitative estimate of drug-likeness (QED) is 0.666. The topological polar surface area (TPSA) is 48.5 Å². The molecule has 0 N–H and O–H groups in total. The van der Waals surface area contributed by atoms with Crippen LogP contribution in [0.25, 0.3) is 0 Å². The molecule has 0 saturated carbocycles. The summed E-state index contributed by atoms with van der Waals surface area (Å²) in [6.07, 6.45) is 1.31. The second kappa shape index (κ2) is 5.87. The third kappa shape index (κ3) is 3.81. The molecule has 0 aliphatic heterocycles. The van der Waals surface area contributed by atoms with Gasteiger partial charge >= 0.3 is 0 Å². The van der Waals surface area contributed by atoms with Gasteiger partial charge in [0.2, 0.25) is 0 Å². The van der Waals surface area contributed by atoms with Crippen molar-refractivity contribution in [1.29, 1.82) is 5.26 Å². The molecule has 14 heavy (non-hydrogen) atoms. The van der Waals surface area contributed by atoms with E-state index < -0.39 is 0 Å². The lowest BCUT2D eigenvalue weighted by atomic mass is 10.2. The highest BCUT2D eigenvalue weighted by Gasteiger charge is 1.97. The van der Waals surface area contributed by atoms with E-state index >= 15 is 0 Å². The van der Waals surface area contributed by atoms with Gasteiger partial charge in [0.15, 0.2) is 0 Å². The summed E-state index contributed by atoms with van der Waals surface area (Å²) in [7, 11) is 0. The third-order valence-corrected chi connectivity index (χ3v) is 1.80. The molecule has 0 amide bonds. The van der Waals surface area contributed by atoms with Crippen LogP contribution < -0.4 is 0 Å². The summed E-state index contributed by atoms with van der Waals surface area (Å²) in [4.78, 5) is 0. The molecule has 3 heteroatoms. The standard InChI is InChI=1S/C11H13N3/c1-10(6-5-9-12)13-14-11-7-3-2-4-8-11/h2-4,7-8,10H,5-6H2,1H3. The monoisotopic (exact) mass is 187 g/mol. The Labute approximate surface area is 84.1 Å². The Kier molecular flexibility index (Phi) is 4.36. The van der Waals surface area contributed by atoms with E-state index in [-0.39, 0.29) is 6.04 Å². The minimum Gasteiger partial charge on any atom is -0.198 e. The van der Waals surface area contributed by atoms with Crippen LogP contribution in [0.5, 0.6) is 0 Å². The lowest BCUT2D eigenvalue weighted by Gasteiger charge is -1.99. The normalized spacial score (nSPS) is 12.6. The third-order valence-electron chi connectivity index (χ3n) is 1.80. The Morgan fingerprint density at radius 1 is 1.36 bits per heavy atom. The highest BCUT2D eigenvalue weighted by molar-refractivity contribution is 5.34. The van der Waals surface area contributed by atoms with Gasteiger partial charge in [0, 0.05) is 6.42 Å². The molecule has 0 spiro atoms. The Morgan fingerprint density at radius 2 is 2.07 bits per heavy atom. The number of azo groups is 1. The molecule has 0 bridgehead atoms. The predicted molar refractivity (Wildman–Crippen MR) is 55.3 cm³/mol. The van der Waals surface area contributed by atoms with Crippen molar-refractivity contribution in [2.75, 3.05) is 0 Å². The zero-order valence-electron chi connectivity index (χ0n) is 8.22. The predicted octanol–water partition coefficient (Wildman–Crippen LogP) is 3.46. The lowest BCUT2D eigenvalue weighted by molar-refractivity contribution is 0.652. The number of rotatable bonds is 4. The fraction of sp³-hybridized carbons (Fsp3) is 0.364. The number of nitrogens with zero attached hydrogens (tertiary/aromatic N) is 3. The largest absolute Gasteiger partial charge is 0.198 e. The van der Waals surface area contributed by atoms with Crippen LogP contribution in [0.3, 0.4) is 0 Å². The summed E-state index contributed by atoms with van der Waals surface area (Å²) >= 11 is 0. The second-order valence-corrected chi connectivity index (χ2v) is 3.10. The summed E-state index contributed by atoms with van der Waals surface area (Å²) in [5.41, 5.74) is 0.858. The lowest BCUT2D eigenvalue weighted by Crippen LogP contribution is -1.94. The van der Waals surface area contributed by atoms with Crippen LogP contribution in [0, 0.1) is 11.3 Å². The smallest absolute Gasteiger partial charge is 0.0852 e. The van der Waals surface area contributed by atoms with Gasteiger partial charge in [0.1, 0.15) is 0 Å². The molecule has 0 aromatic heterocycles. The van der Waals surface area contributed by atoms with Gasteiger partial charge in [-0.15, -0.1) is 0 Å². The molecule has 1 aromatic rings. The van der Waals surface area contributed by atoms with Crippen molar-refractivity contribution in [2.45, 2.75) is 25.8 Å². The molecule has 1 unspecified atom stereocenters. The molecule has 0 heterocycles. The first kappa shape index (κ1) is 10.4. The highest BCUT2D eigenvalue weighted by atomic mass is 15.1. The molecule has 3 nitrogen and oxygen atoms in total. The van der Waals surface area contributed by atoms with Crippen molar-refractivity contribution in [3.63, 3.8) is 0 Å². The SMILES string of the molecule is CC(CCC#N)N=Nc1ccccc1. The van der Waals surface area contributed by atoms with E-state index in [1.54, 1.807) is 0 Å². The van der Waals surface area contributed by atoms with Crippen LogP contribution in [0.15, 0.2) is 40.6 Å². The average Bonchev–Trinajstić information content (AvgIpc) is 2.25. The fourth-order valence-electron chi connectivity index (χ4n) is 0.991. The molecule has 1 atom stereocenters. The molecular weight excluding hydrogens is 174 g/mol. The Bertz CT molecular complexity index is 324. The molecule has 0 saturated heterocycles. The van der Waals surface area contributed by atoms with Gasteiger partial charge in [-0.3, -0.25) is 0 Å². The zero-order valence-corrected chi connectivity index (χ0v) is 8.22. The number of hydrogen-bond acceptors (Lipinski definition) is 3. The summed E-state index contributed by atoms with van der Waals surface area (Å²) in [6, 6.07) is 11.8. The second-order valence-electron chi connectivity index (χ2n) is 3.10. The maximum Gasteiger partial charge on any atom is 0.0852 e. The van der Waals surface area contributed by atoms with E-state index in [0.29, 0.717) is 6.42 Å². The molecular formula is C11H13N3. The van der Waals surface area contributed by atoms with Gasteiger partial charge in [-0.2, -0.15) is 15.5 Å². The van der Waals surface area contributed by atoms with Crippen LogP contribution >= 0.6 is 0 Å². The van der Waals surface area contributed by atoms with Crippen LogP contribution in [0.4, 0.5) is 5.69 Å². The number of nitriles is 1. The van der Waals surface area contributed by atoms with Crippen molar-refractivity contribution in [1.82, 2.24) is 0 Å². The summed E-state index contributed by atoms with van der Waals surface area (Å²) in [5.74, 6) is 0. The van der Waals surface area contributed by atoms with Crippen molar-refractivity contribution in [3.05, 3.63) is 30.3 Å². The van der Waals surface area contributed by atoms with E-state index in [1.165, 1.54) is 0 Å². The maximum absolute atomic E-state index is 8.38. The van der Waals surface area contributed by atoms with Gasteiger partial charge in [-0.05, 0) is 25.5 Å². The van der Waals surface area contributed by atoms with Gasteiger partial charge < -0.3 is 0 Å². The Balaban J connectivity index is 2.44. The average molecular weight is 187 g/mol. The van der Waals surface area contributed by atoms with Gasteiger partial charge in [0.25, 0.3) is 0 Å². The minimum atomic E-state index is 0.120. The van der Waals surface area contributed by atoms with Crippen LogP contribution in [-0.4, -0.2) is 6.04 Å². The van der Waals surface area contributed by atoms with E-state index in [2.05, 4.69) is 16.3 Å². The summed E-state index contributed by atoms with van der Waals surface area (Å²) in [6.45, 7) is 1.96. The van der Waals surface area contributed by atoms with Crippen molar-refractivity contribution in [2.24, 2.45) is 10.2 Å². The van der Waals surface area contributed by atoms with E-state index in [0.717, 1.165) is 12.1 Å². The van der Waals surface area contributed by atoms with Crippen molar-refractivity contribution >= 4 is 5.69 Å².